The number of rotatable bonds is 3. The monoisotopic (exact) mass is 446 g/mol. The number of hydrogen-bond donors (Lipinski definition) is 0. The maximum atomic E-state index is 6.59. The zero-order valence-corrected chi connectivity index (χ0v) is 21.5. The number of benzene rings is 1. The number of hydrogen-bond acceptors (Lipinski definition) is 1. The van der Waals surface area contributed by atoms with Gasteiger partial charge in [-0.15, -0.1) is 24.8 Å². The van der Waals surface area contributed by atoms with Crippen LogP contribution >= 0.6 is 24.8 Å². The van der Waals surface area contributed by atoms with Gasteiger partial charge < -0.3 is 0 Å². The first kappa shape index (κ1) is 26.8. The summed E-state index contributed by atoms with van der Waals surface area (Å²) in [6.45, 7) is 20.7. The molecule has 2 rings (SSSR count). The summed E-state index contributed by atoms with van der Waals surface area (Å²) in [4.78, 5) is 0. The molecule has 152 valence electrons. The van der Waals surface area contributed by atoms with Crippen LogP contribution in [0.3, 0.4) is 0 Å². The molecule has 0 aliphatic heterocycles. The third kappa shape index (κ3) is 6.96. The third-order valence-corrected chi connectivity index (χ3v) is 6.09. The van der Waals surface area contributed by atoms with Gasteiger partial charge in [0.1, 0.15) is 0 Å². The maximum Gasteiger partial charge on any atom is -0.147 e. The molecule has 0 spiro atoms. The molecular formula is C23H36Cl2OTi. The van der Waals surface area contributed by atoms with Crippen LogP contribution in [-0.2, 0) is 35.8 Å². The molecule has 0 atom stereocenters. The van der Waals surface area contributed by atoms with Gasteiger partial charge in [-0.2, -0.15) is 0 Å². The fourth-order valence-corrected chi connectivity index (χ4v) is 4.20. The molecule has 27 heavy (non-hydrogen) atoms. The van der Waals surface area contributed by atoms with Crippen molar-refractivity contribution in [1.29, 1.82) is 0 Å². The van der Waals surface area contributed by atoms with Gasteiger partial charge in [0.15, 0.2) is 0 Å². The molecular weight excluding hydrogens is 411 g/mol. The van der Waals surface area contributed by atoms with Gasteiger partial charge in [0.05, 0.1) is 0 Å². The molecule has 0 bridgehead atoms. The van der Waals surface area contributed by atoms with E-state index in [4.69, 9.17) is 3.32 Å². The van der Waals surface area contributed by atoms with Crippen molar-refractivity contribution in [3.05, 3.63) is 50.9 Å². The Bertz CT molecular complexity index is 664. The molecule has 0 heterocycles. The van der Waals surface area contributed by atoms with Crippen LogP contribution in [0.2, 0.25) is 0 Å². The summed E-state index contributed by atoms with van der Waals surface area (Å²) >= 11 is -0.578. The smallest absolute Gasteiger partial charge is 0.147 e. The molecule has 0 amide bonds. The van der Waals surface area contributed by atoms with Crippen LogP contribution < -0.4 is 3.32 Å². The van der Waals surface area contributed by atoms with Crippen molar-refractivity contribution < 1.29 is 22.9 Å². The molecule has 1 aromatic rings. The Kier molecular flexibility index (Phi) is 9.46. The molecule has 1 aromatic carbocycles. The van der Waals surface area contributed by atoms with Crippen LogP contribution in [0.15, 0.2) is 34.2 Å². The van der Waals surface area contributed by atoms with Crippen molar-refractivity contribution in [2.24, 2.45) is 0 Å². The first-order valence-corrected chi connectivity index (χ1v) is 10.7. The Morgan fingerprint density at radius 1 is 0.778 bits per heavy atom. The van der Waals surface area contributed by atoms with Gasteiger partial charge in [0, 0.05) is 0 Å². The topological polar surface area (TPSA) is 9.23 Å². The van der Waals surface area contributed by atoms with Gasteiger partial charge in [-0.05, 0) is 0 Å². The van der Waals surface area contributed by atoms with E-state index in [9.17, 15) is 0 Å². The van der Waals surface area contributed by atoms with Crippen molar-refractivity contribution in [1.82, 2.24) is 0 Å². The summed E-state index contributed by atoms with van der Waals surface area (Å²) in [5.41, 5.74) is 4.35. The average molecular weight is 447 g/mol. The van der Waals surface area contributed by atoms with Gasteiger partial charge >= 0.3 is 165 Å². The Balaban J connectivity index is 0.00000338. The van der Waals surface area contributed by atoms with E-state index in [1.54, 1.807) is 0 Å². The van der Waals surface area contributed by atoms with E-state index in [2.05, 4.69) is 92.7 Å². The second kappa shape index (κ2) is 9.53. The van der Waals surface area contributed by atoms with E-state index >= 15 is 0 Å². The quantitative estimate of drug-likeness (QED) is 0.433. The van der Waals surface area contributed by atoms with E-state index in [0.717, 1.165) is 12.2 Å². The van der Waals surface area contributed by atoms with E-state index in [0.29, 0.717) is 0 Å². The van der Waals surface area contributed by atoms with Crippen LogP contribution in [-0.4, -0.2) is 0 Å². The molecule has 0 saturated carbocycles. The van der Waals surface area contributed by atoms with E-state index in [1.807, 2.05) is 0 Å². The largest absolute Gasteiger partial charge is 0.147 e. The summed E-state index contributed by atoms with van der Waals surface area (Å²) in [6, 6.07) is 4.77. The fourth-order valence-electron chi connectivity index (χ4n) is 2.93. The van der Waals surface area contributed by atoms with E-state index in [-0.39, 0.29) is 41.1 Å². The molecule has 0 N–H and O–H groups in total. The van der Waals surface area contributed by atoms with E-state index < -0.39 is 19.5 Å². The second-order valence-electron chi connectivity index (χ2n) is 10.2. The summed E-state index contributed by atoms with van der Waals surface area (Å²) in [5, 5.41) is 0. The average Bonchev–Trinajstić information content (AvgIpc) is 2.94. The minimum atomic E-state index is -0.578. The summed E-state index contributed by atoms with van der Waals surface area (Å²) in [5.74, 6) is 1.14. The van der Waals surface area contributed by atoms with Crippen molar-refractivity contribution >= 4 is 24.8 Å². The summed E-state index contributed by atoms with van der Waals surface area (Å²) in [7, 11) is 0. The standard InChI is InChI=1S/C18H30O.C5H5.2ClH.Ti/c1-16(2,3)12-10-13(17(4,5)6)15(19)14(11-12)18(7,8)9;1-2-4-5-3-1;;;/h10-11,19H,1-9H3;1-3H,4H2;2*1H;/q;;;;+1/p-1. The summed E-state index contributed by atoms with van der Waals surface area (Å²) in [6.07, 6.45) is 7.67. The third-order valence-electron chi connectivity index (χ3n) is 4.63. The predicted molar refractivity (Wildman–Crippen MR) is 120 cm³/mol. The van der Waals surface area contributed by atoms with Gasteiger partial charge in [0.2, 0.25) is 0 Å². The minimum Gasteiger partial charge on any atom is -0.147 e. The fraction of sp³-hybridized carbons (Fsp3) is 0.565. The Morgan fingerprint density at radius 2 is 1.26 bits per heavy atom. The molecule has 0 radical (unpaired) electrons. The van der Waals surface area contributed by atoms with Crippen LogP contribution in [0.1, 0.15) is 85.4 Å². The van der Waals surface area contributed by atoms with Gasteiger partial charge in [-0.3, -0.25) is 0 Å². The molecule has 0 unspecified atom stereocenters. The molecule has 0 saturated heterocycles. The molecule has 1 aliphatic rings. The maximum absolute atomic E-state index is 6.59. The Labute approximate surface area is 188 Å². The van der Waals surface area contributed by atoms with Crippen molar-refractivity contribution in [3.63, 3.8) is 0 Å². The van der Waals surface area contributed by atoms with Crippen molar-refractivity contribution in [2.45, 2.75) is 85.0 Å². The van der Waals surface area contributed by atoms with Crippen LogP contribution in [0.4, 0.5) is 0 Å². The molecule has 0 aromatic heterocycles. The SMILES string of the molecule is CC(C)(C)c1cc(C(C)(C)C)c([O][Ti][C]2=CC=CC2)c(C(C)(C)C)c1.Cl.Cl. The first-order valence-electron chi connectivity index (χ1n) is 9.28. The number of allylic oxidation sites excluding steroid dienone is 4. The van der Waals surface area contributed by atoms with Gasteiger partial charge in [-0.1, -0.05) is 0 Å². The zero-order chi connectivity index (χ0) is 19.0. The molecule has 1 nitrogen and oxygen atoms in total. The normalized spacial score (nSPS) is 14.2. The van der Waals surface area contributed by atoms with Crippen LogP contribution in [0.5, 0.6) is 5.75 Å². The Morgan fingerprint density at radius 3 is 1.59 bits per heavy atom. The molecule has 1 aliphatic carbocycles. The minimum absolute atomic E-state index is 0. The Hall–Kier alpha value is -0.206. The van der Waals surface area contributed by atoms with Crippen molar-refractivity contribution in [3.8, 4) is 5.75 Å². The van der Waals surface area contributed by atoms with Gasteiger partial charge in [-0.25, -0.2) is 0 Å². The number of halogens is 2. The van der Waals surface area contributed by atoms with Crippen LogP contribution in [0.25, 0.3) is 0 Å². The van der Waals surface area contributed by atoms with Gasteiger partial charge in [0.25, 0.3) is 0 Å². The van der Waals surface area contributed by atoms with E-state index in [1.165, 1.54) is 20.6 Å². The zero-order valence-electron chi connectivity index (χ0n) is 18.3. The first-order chi connectivity index (χ1) is 11.3. The summed E-state index contributed by atoms with van der Waals surface area (Å²) < 4.78 is 8.06. The predicted octanol–water partition coefficient (Wildman–Crippen LogP) is 7.64. The molecule has 4 heteroatoms. The molecule has 0 fully saturated rings. The van der Waals surface area contributed by atoms with Crippen LogP contribution in [0, 0.1) is 0 Å². The second-order valence-corrected chi connectivity index (χ2v) is 11.8. The van der Waals surface area contributed by atoms with Crippen molar-refractivity contribution in [2.75, 3.05) is 0 Å².